The first-order chi connectivity index (χ1) is 18.4. The summed E-state index contributed by atoms with van der Waals surface area (Å²) >= 11 is 0. The molecule has 1 aliphatic rings. The van der Waals surface area contributed by atoms with E-state index in [-0.39, 0.29) is 0 Å². The maximum absolute atomic E-state index is 4.72. The average molecular weight is 473 g/mol. The molecule has 0 amide bonds. The predicted molar refractivity (Wildman–Crippen MR) is 151 cm³/mol. The highest BCUT2D eigenvalue weighted by molar-refractivity contribution is 6.19. The molecule has 0 saturated carbocycles. The zero-order valence-corrected chi connectivity index (χ0v) is 19.9. The van der Waals surface area contributed by atoms with Crippen LogP contribution in [0.4, 0.5) is 0 Å². The molecule has 0 aliphatic heterocycles. The first-order valence-corrected chi connectivity index (χ1v) is 12.6. The first kappa shape index (κ1) is 19.3. The number of rotatable bonds is 1. The smallest absolute Gasteiger partial charge is 0.146 e. The molecular weight excluding hydrogens is 452 g/mol. The summed E-state index contributed by atoms with van der Waals surface area (Å²) in [6.45, 7) is 0. The molecule has 8 aromatic rings. The summed E-state index contributed by atoms with van der Waals surface area (Å²) in [4.78, 5) is 9.44. The molecule has 4 aromatic heterocycles. The molecule has 0 atom stereocenters. The van der Waals surface area contributed by atoms with Crippen LogP contribution in [0.2, 0.25) is 0 Å². The Morgan fingerprint density at radius 1 is 0.595 bits per heavy atom. The Kier molecular flexibility index (Phi) is 3.55. The lowest BCUT2D eigenvalue weighted by Gasteiger charge is -2.11. The molecule has 4 heterocycles. The van der Waals surface area contributed by atoms with E-state index in [2.05, 4.69) is 93.9 Å². The van der Waals surface area contributed by atoms with Crippen molar-refractivity contribution in [2.24, 2.45) is 0 Å². The number of fused-ring (bicyclic) bond motifs is 13. The lowest BCUT2D eigenvalue weighted by atomic mass is 9.96. The van der Waals surface area contributed by atoms with Crippen LogP contribution in [-0.2, 0) is 6.42 Å². The fourth-order valence-corrected chi connectivity index (χ4v) is 6.52. The number of aromatic nitrogens is 4. The summed E-state index contributed by atoms with van der Waals surface area (Å²) in [6, 6.07) is 33.1. The van der Waals surface area contributed by atoms with Gasteiger partial charge in [-0.15, -0.1) is 0 Å². The van der Waals surface area contributed by atoms with Crippen molar-refractivity contribution in [1.29, 1.82) is 0 Å². The second-order valence-electron chi connectivity index (χ2n) is 9.91. The molecular formula is C33H20N4. The van der Waals surface area contributed by atoms with Gasteiger partial charge >= 0.3 is 0 Å². The topological polar surface area (TPSA) is 35.1 Å². The van der Waals surface area contributed by atoms with Gasteiger partial charge in [-0.25, -0.2) is 9.97 Å². The molecule has 4 heteroatoms. The van der Waals surface area contributed by atoms with Crippen LogP contribution < -0.4 is 0 Å². The minimum absolute atomic E-state index is 0.930. The van der Waals surface area contributed by atoms with E-state index in [1.54, 1.807) is 0 Å². The summed E-state index contributed by atoms with van der Waals surface area (Å²) in [6.07, 6.45) is 6.67. The Labute approximate surface area is 212 Å². The van der Waals surface area contributed by atoms with E-state index in [0.717, 1.165) is 23.1 Å². The largest absolute Gasteiger partial charge is 0.309 e. The summed E-state index contributed by atoms with van der Waals surface area (Å²) in [5.74, 6) is 0. The second kappa shape index (κ2) is 6.83. The van der Waals surface area contributed by atoms with E-state index >= 15 is 0 Å². The van der Waals surface area contributed by atoms with Crippen LogP contribution in [0.1, 0.15) is 11.1 Å². The van der Waals surface area contributed by atoms with Crippen LogP contribution in [0.5, 0.6) is 0 Å². The molecule has 1 aliphatic carbocycles. The SMILES string of the molecule is c1ccc(-n2c3ccccc3c3c4c(ccc32)Cc2cc3c(cc2-4)c2cccnc2n2ccnc32)cc1. The van der Waals surface area contributed by atoms with E-state index in [0.29, 0.717) is 0 Å². The zero-order chi connectivity index (χ0) is 24.1. The van der Waals surface area contributed by atoms with E-state index in [9.17, 15) is 0 Å². The third kappa shape index (κ3) is 2.42. The quantitative estimate of drug-likeness (QED) is 0.229. The minimum atomic E-state index is 0.930. The number of benzene rings is 4. The van der Waals surface area contributed by atoms with Crippen molar-refractivity contribution in [2.75, 3.05) is 0 Å². The van der Waals surface area contributed by atoms with Gasteiger partial charge in [0.05, 0.1) is 11.0 Å². The molecule has 172 valence electrons. The maximum Gasteiger partial charge on any atom is 0.146 e. The van der Waals surface area contributed by atoms with Gasteiger partial charge in [0.25, 0.3) is 0 Å². The summed E-state index contributed by atoms with van der Waals surface area (Å²) < 4.78 is 4.51. The average Bonchev–Trinajstić information content (AvgIpc) is 3.66. The molecule has 0 bridgehead atoms. The Hall–Kier alpha value is -4.96. The van der Waals surface area contributed by atoms with E-state index < -0.39 is 0 Å². The Morgan fingerprint density at radius 2 is 1.41 bits per heavy atom. The van der Waals surface area contributed by atoms with Gasteiger partial charge in [0.15, 0.2) is 0 Å². The normalized spacial score (nSPS) is 12.8. The van der Waals surface area contributed by atoms with Gasteiger partial charge in [0, 0.05) is 45.8 Å². The van der Waals surface area contributed by atoms with Crippen molar-refractivity contribution >= 4 is 49.3 Å². The maximum atomic E-state index is 4.72. The molecule has 0 saturated heterocycles. The Balaban J connectivity index is 1.44. The summed E-state index contributed by atoms with van der Waals surface area (Å²) in [5, 5.41) is 6.16. The second-order valence-corrected chi connectivity index (χ2v) is 9.91. The molecule has 4 nitrogen and oxygen atoms in total. The van der Waals surface area contributed by atoms with Crippen molar-refractivity contribution in [3.63, 3.8) is 0 Å². The zero-order valence-electron chi connectivity index (χ0n) is 19.9. The fourth-order valence-electron chi connectivity index (χ4n) is 6.52. The van der Waals surface area contributed by atoms with E-state index in [1.165, 1.54) is 60.5 Å². The van der Waals surface area contributed by atoms with Crippen molar-refractivity contribution in [1.82, 2.24) is 18.9 Å². The van der Waals surface area contributed by atoms with Gasteiger partial charge < -0.3 is 4.57 Å². The van der Waals surface area contributed by atoms with Crippen molar-refractivity contribution in [2.45, 2.75) is 6.42 Å². The van der Waals surface area contributed by atoms with Gasteiger partial charge in [0.2, 0.25) is 0 Å². The summed E-state index contributed by atoms with van der Waals surface area (Å²) in [5.41, 5.74) is 11.0. The third-order valence-electron chi connectivity index (χ3n) is 8.02. The number of imidazole rings is 1. The highest BCUT2D eigenvalue weighted by atomic mass is 15.0. The highest BCUT2D eigenvalue weighted by Crippen LogP contribution is 2.47. The van der Waals surface area contributed by atoms with Gasteiger partial charge in [-0.2, -0.15) is 0 Å². The molecule has 0 N–H and O–H groups in total. The van der Waals surface area contributed by atoms with Gasteiger partial charge in [-0.1, -0.05) is 42.5 Å². The Morgan fingerprint density at radius 3 is 2.35 bits per heavy atom. The van der Waals surface area contributed by atoms with Crippen LogP contribution in [-0.4, -0.2) is 18.9 Å². The van der Waals surface area contributed by atoms with Gasteiger partial charge in [-0.3, -0.25) is 4.40 Å². The van der Waals surface area contributed by atoms with E-state index in [1.807, 2.05) is 24.7 Å². The lowest BCUT2D eigenvalue weighted by Crippen LogP contribution is -1.94. The van der Waals surface area contributed by atoms with Crippen molar-refractivity contribution in [3.8, 4) is 16.8 Å². The van der Waals surface area contributed by atoms with Gasteiger partial charge in [-0.05, 0) is 82.6 Å². The van der Waals surface area contributed by atoms with Crippen LogP contribution in [0.25, 0.3) is 66.1 Å². The molecule has 0 unspecified atom stereocenters. The van der Waals surface area contributed by atoms with Crippen molar-refractivity contribution in [3.05, 3.63) is 121 Å². The number of nitrogens with zero attached hydrogens (tertiary/aromatic N) is 4. The monoisotopic (exact) mass is 472 g/mol. The minimum Gasteiger partial charge on any atom is -0.309 e. The fraction of sp³-hybridized carbons (Fsp3) is 0.0303. The van der Waals surface area contributed by atoms with Gasteiger partial charge in [0.1, 0.15) is 11.3 Å². The standard InChI is InChI=1S/C33H20N4/c1-2-7-22(8-3-1)37-28-11-5-4-9-24(28)31-29(37)13-12-20-17-21-18-27-26(19-25(21)30(20)31)23-10-6-14-34-32(23)36-16-15-35-33(27)36/h1-16,18-19H,17H2. The molecule has 37 heavy (non-hydrogen) atoms. The van der Waals surface area contributed by atoms with Crippen molar-refractivity contribution < 1.29 is 0 Å². The van der Waals surface area contributed by atoms with Crippen LogP contribution >= 0.6 is 0 Å². The highest BCUT2D eigenvalue weighted by Gasteiger charge is 2.26. The number of hydrogen-bond donors (Lipinski definition) is 0. The molecule has 0 fully saturated rings. The number of para-hydroxylation sites is 2. The van der Waals surface area contributed by atoms with E-state index in [4.69, 9.17) is 9.97 Å². The lowest BCUT2D eigenvalue weighted by molar-refractivity contribution is 1.18. The molecule has 0 spiro atoms. The molecule has 9 rings (SSSR count). The number of pyridine rings is 2. The van der Waals surface area contributed by atoms with Crippen LogP contribution in [0.3, 0.4) is 0 Å². The molecule has 0 radical (unpaired) electrons. The first-order valence-electron chi connectivity index (χ1n) is 12.6. The predicted octanol–water partition coefficient (Wildman–Crippen LogP) is 7.70. The summed E-state index contributed by atoms with van der Waals surface area (Å²) in [7, 11) is 0. The third-order valence-corrected chi connectivity index (χ3v) is 8.02. The Bertz CT molecular complexity index is 2220. The molecule has 4 aromatic carbocycles. The number of hydrogen-bond acceptors (Lipinski definition) is 2. The van der Waals surface area contributed by atoms with Crippen LogP contribution in [0.15, 0.2) is 110 Å². The van der Waals surface area contributed by atoms with Crippen LogP contribution in [0, 0.1) is 0 Å².